The molecule has 1 N–H and O–H groups in total. The van der Waals surface area contributed by atoms with E-state index >= 15 is 0 Å². The van der Waals surface area contributed by atoms with Gasteiger partial charge in [-0.25, -0.2) is 4.57 Å². The number of esters is 1. The molecule has 0 spiro atoms. The van der Waals surface area contributed by atoms with Gasteiger partial charge in [-0.2, -0.15) is 0 Å². The molecule has 0 aliphatic heterocycles. The van der Waals surface area contributed by atoms with E-state index in [2.05, 4.69) is 86.8 Å². The number of unbranched alkanes of at least 4 members (excludes halogenated alkanes) is 15. The molecule has 8 nitrogen and oxygen atoms in total. The summed E-state index contributed by atoms with van der Waals surface area (Å²) in [7, 11) is 1.64. The Balaban J connectivity index is 4.29. The Hall–Kier alpha value is -2.06. The van der Waals surface area contributed by atoms with Crippen molar-refractivity contribution in [3.05, 3.63) is 72.9 Å². The van der Waals surface area contributed by atoms with Gasteiger partial charge in [-0.1, -0.05) is 151 Å². The number of phosphoric acid groups is 1. The molecular formula is C48H87NO7P+. The predicted octanol–water partition coefficient (Wildman–Crippen LogP) is 13.5. The van der Waals surface area contributed by atoms with Gasteiger partial charge in [0, 0.05) is 13.0 Å². The van der Waals surface area contributed by atoms with E-state index in [4.69, 9.17) is 18.5 Å². The van der Waals surface area contributed by atoms with Gasteiger partial charge >= 0.3 is 13.8 Å². The number of ether oxygens (including phenoxy) is 2. The highest BCUT2D eigenvalue weighted by molar-refractivity contribution is 7.47. The van der Waals surface area contributed by atoms with E-state index in [9.17, 15) is 14.3 Å². The van der Waals surface area contributed by atoms with Crippen molar-refractivity contribution in [2.24, 2.45) is 0 Å². The molecule has 0 saturated heterocycles. The molecule has 2 atom stereocenters. The van der Waals surface area contributed by atoms with Crippen LogP contribution >= 0.6 is 7.82 Å². The zero-order valence-electron chi connectivity index (χ0n) is 37.3. The summed E-state index contributed by atoms with van der Waals surface area (Å²) < 4.78 is 35.0. The highest BCUT2D eigenvalue weighted by Crippen LogP contribution is 2.43. The average Bonchev–Trinajstić information content (AvgIpc) is 3.16. The molecule has 57 heavy (non-hydrogen) atoms. The number of phosphoric ester groups is 1. The highest BCUT2D eigenvalue weighted by atomic mass is 31.2. The van der Waals surface area contributed by atoms with Gasteiger partial charge in [0.15, 0.2) is 0 Å². The van der Waals surface area contributed by atoms with Gasteiger partial charge in [-0.15, -0.1) is 0 Å². The van der Waals surface area contributed by atoms with E-state index < -0.39 is 13.9 Å². The summed E-state index contributed by atoms with van der Waals surface area (Å²) in [5.74, 6) is -0.332. The van der Waals surface area contributed by atoms with Crippen LogP contribution in [0, 0.1) is 0 Å². The summed E-state index contributed by atoms with van der Waals surface area (Å²) >= 11 is 0. The third-order valence-electron chi connectivity index (χ3n) is 9.25. The first-order valence-corrected chi connectivity index (χ1v) is 24.2. The molecule has 0 aliphatic rings. The fraction of sp³-hybridized carbons (Fsp3) is 0.729. The molecule has 0 aliphatic carbocycles. The minimum absolute atomic E-state index is 0.0792. The molecule has 0 rings (SSSR count). The van der Waals surface area contributed by atoms with Crippen LogP contribution in [-0.2, 0) is 27.9 Å². The molecule has 0 saturated carbocycles. The van der Waals surface area contributed by atoms with Crippen molar-refractivity contribution in [3.63, 3.8) is 0 Å². The van der Waals surface area contributed by atoms with Gasteiger partial charge in [0.05, 0.1) is 34.4 Å². The lowest BCUT2D eigenvalue weighted by Gasteiger charge is -2.24. The lowest BCUT2D eigenvalue weighted by Crippen LogP contribution is -2.37. The molecular weight excluding hydrogens is 734 g/mol. The minimum atomic E-state index is -4.29. The highest BCUT2D eigenvalue weighted by Gasteiger charge is 2.26. The summed E-state index contributed by atoms with van der Waals surface area (Å²) in [5, 5.41) is 0. The number of hydrogen-bond donors (Lipinski definition) is 1. The molecule has 0 aromatic rings. The summed E-state index contributed by atoms with van der Waals surface area (Å²) in [6.45, 7) is 5.41. The molecule has 0 amide bonds. The molecule has 0 radical (unpaired) electrons. The molecule has 0 fully saturated rings. The number of allylic oxidation sites excluding steroid dienone is 12. The van der Waals surface area contributed by atoms with Crippen LogP contribution in [0.15, 0.2) is 72.9 Å². The van der Waals surface area contributed by atoms with E-state index in [1.54, 1.807) is 0 Å². The van der Waals surface area contributed by atoms with Crippen LogP contribution in [0.3, 0.4) is 0 Å². The van der Waals surface area contributed by atoms with Gasteiger partial charge < -0.3 is 18.9 Å². The zero-order valence-corrected chi connectivity index (χ0v) is 38.2. The lowest BCUT2D eigenvalue weighted by atomic mass is 10.1. The van der Waals surface area contributed by atoms with E-state index in [1.165, 1.54) is 64.2 Å². The maximum atomic E-state index is 12.7. The van der Waals surface area contributed by atoms with Crippen molar-refractivity contribution in [3.8, 4) is 0 Å². The third kappa shape index (κ3) is 44.9. The van der Waals surface area contributed by atoms with Crippen molar-refractivity contribution in [2.45, 2.75) is 174 Å². The second kappa shape index (κ2) is 40.7. The third-order valence-corrected chi connectivity index (χ3v) is 10.2. The van der Waals surface area contributed by atoms with E-state index in [0.29, 0.717) is 24.1 Å². The number of quaternary nitrogens is 1. The van der Waals surface area contributed by atoms with Crippen LogP contribution in [0.4, 0.5) is 0 Å². The van der Waals surface area contributed by atoms with Gasteiger partial charge in [0.2, 0.25) is 0 Å². The smallest absolute Gasteiger partial charge is 0.457 e. The van der Waals surface area contributed by atoms with Gasteiger partial charge in [0.25, 0.3) is 0 Å². The minimum Gasteiger partial charge on any atom is -0.457 e. The lowest BCUT2D eigenvalue weighted by molar-refractivity contribution is -0.870. The van der Waals surface area contributed by atoms with Crippen molar-refractivity contribution >= 4 is 13.8 Å². The second-order valence-electron chi connectivity index (χ2n) is 16.0. The first kappa shape index (κ1) is 54.9. The van der Waals surface area contributed by atoms with Crippen LogP contribution in [0.2, 0.25) is 0 Å². The Bertz CT molecular complexity index is 1140. The Morgan fingerprint density at radius 1 is 0.561 bits per heavy atom. The van der Waals surface area contributed by atoms with Crippen LogP contribution in [0.5, 0.6) is 0 Å². The molecule has 0 heterocycles. The van der Waals surface area contributed by atoms with Crippen LogP contribution in [-0.4, -0.2) is 75.6 Å². The number of likely N-dealkylation sites (N-methyl/N-ethyl adjacent to an activating group) is 1. The normalized spacial score (nSPS) is 14.4. The van der Waals surface area contributed by atoms with Crippen molar-refractivity contribution < 1.29 is 37.3 Å². The van der Waals surface area contributed by atoms with E-state index in [-0.39, 0.29) is 25.8 Å². The van der Waals surface area contributed by atoms with Crippen LogP contribution in [0.1, 0.15) is 168 Å². The number of nitrogens with zero attached hydrogens (tertiary/aromatic N) is 1. The Labute approximate surface area is 351 Å². The molecule has 2 unspecified atom stereocenters. The summed E-state index contributed by atoms with van der Waals surface area (Å²) in [4.78, 5) is 22.9. The van der Waals surface area contributed by atoms with Gasteiger partial charge in [-0.3, -0.25) is 13.8 Å². The largest absolute Gasteiger partial charge is 0.472 e. The topological polar surface area (TPSA) is 91.3 Å². The maximum absolute atomic E-state index is 12.7. The standard InChI is InChI=1S/C48H86NO7P/c1-6-8-10-12-14-16-18-20-22-24-26-28-30-32-34-36-38-40-43-53-45-47(46-55-57(51,52)54-44-42-49(3,4)5)56-48(50)41-39-37-35-33-31-29-27-25-23-21-19-17-15-13-11-9-7-2/h8,10,14-17,20-23,26,28,47H,6-7,9,11-13,18-19,24-25,27,29-46H2,1-5H3/p+1/b10-8-,16-14-,17-15-,22-20-,23-21-,28-26-. The first-order chi connectivity index (χ1) is 27.6. The zero-order chi connectivity index (χ0) is 42.0. The summed E-state index contributed by atoms with van der Waals surface area (Å²) in [6.07, 6.45) is 52.2. The van der Waals surface area contributed by atoms with Gasteiger partial charge in [0.1, 0.15) is 19.3 Å². The molecule has 9 heteroatoms. The van der Waals surface area contributed by atoms with E-state index in [0.717, 1.165) is 83.5 Å². The fourth-order valence-corrected chi connectivity index (χ4v) is 6.49. The summed E-state index contributed by atoms with van der Waals surface area (Å²) in [5.41, 5.74) is 0. The van der Waals surface area contributed by atoms with Crippen molar-refractivity contribution in [1.29, 1.82) is 0 Å². The Morgan fingerprint density at radius 3 is 1.53 bits per heavy atom. The van der Waals surface area contributed by atoms with Crippen LogP contribution in [0.25, 0.3) is 0 Å². The Morgan fingerprint density at radius 2 is 1.02 bits per heavy atom. The van der Waals surface area contributed by atoms with E-state index in [1.807, 2.05) is 21.1 Å². The first-order valence-electron chi connectivity index (χ1n) is 22.7. The number of hydrogen-bond acceptors (Lipinski definition) is 6. The van der Waals surface area contributed by atoms with Crippen molar-refractivity contribution in [1.82, 2.24) is 0 Å². The predicted molar refractivity (Wildman–Crippen MR) is 242 cm³/mol. The average molecular weight is 821 g/mol. The number of rotatable bonds is 41. The fourth-order valence-electron chi connectivity index (χ4n) is 5.75. The molecule has 330 valence electrons. The molecule has 0 aromatic heterocycles. The quantitative estimate of drug-likeness (QED) is 0.0216. The number of carbonyl (C=O) groups is 1. The SMILES string of the molecule is CC/C=C\C/C=C\C/C=C\C/C=C\CCCCCCCOCC(COP(=O)(O)OCC[N+](C)(C)C)OC(=O)CCCCCCCCC/C=C\C/C=C\CCCCC. The van der Waals surface area contributed by atoms with Crippen molar-refractivity contribution in [2.75, 3.05) is 54.1 Å². The van der Waals surface area contributed by atoms with Gasteiger partial charge in [-0.05, 0) is 83.5 Å². The number of carbonyl (C=O) groups excluding carboxylic acids is 1. The molecule has 0 aromatic carbocycles. The summed E-state index contributed by atoms with van der Waals surface area (Å²) in [6, 6.07) is 0. The Kier molecular flexibility index (Phi) is 39.2. The maximum Gasteiger partial charge on any atom is 0.472 e. The monoisotopic (exact) mass is 821 g/mol. The molecule has 0 bridgehead atoms. The van der Waals surface area contributed by atoms with Crippen LogP contribution < -0.4 is 0 Å². The second-order valence-corrected chi connectivity index (χ2v) is 17.5.